The summed E-state index contributed by atoms with van der Waals surface area (Å²) < 4.78 is 26.6. The molecule has 1 aromatic rings. The quantitative estimate of drug-likeness (QED) is 0.890. The molecular formula is C14H17F2NO2. The first-order valence-electron chi connectivity index (χ1n) is 6.25. The molecule has 1 saturated heterocycles. The minimum Gasteiger partial charge on any atom is -0.391 e. The summed E-state index contributed by atoms with van der Waals surface area (Å²) in [6.45, 7) is 3.97. The van der Waals surface area contributed by atoms with Crippen LogP contribution >= 0.6 is 0 Å². The summed E-state index contributed by atoms with van der Waals surface area (Å²) in [6.07, 6.45) is -0.279. The van der Waals surface area contributed by atoms with Gasteiger partial charge in [0.15, 0.2) is 0 Å². The number of likely N-dealkylation sites (tertiary alicyclic amines) is 1. The van der Waals surface area contributed by atoms with Crippen LogP contribution in [0.4, 0.5) is 8.78 Å². The molecular weight excluding hydrogens is 252 g/mol. The second-order valence-corrected chi connectivity index (χ2v) is 5.42. The normalized spacial score (nSPS) is 21.7. The van der Waals surface area contributed by atoms with Crippen molar-refractivity contribution in [2.45, 2.75) is 38.3 Å². The van der Waals surface area contributed by atoms with Crippen molar-refractivity contribution >= 4 is 5.91 Å². The lowest BCUT2D eigenvalue weighted by Crippen LogP contribution is -2.48. The largest absolute Gasteiger partial charge is 0.391 e. The number of halogens is 2. The SMILES string of the molecule is CC1(C)C(O)CCN1C(=O)Cc1cc(F)ccc1F. The van der Waals surface area contributed by atoms with Crippen molar-refractivity contribution in [3.8, 4) is 0 Å². The predicted octanol–water partition coefficient (Wildman–Crippen LogP) is 1.88. The molecule has 1 heterocycles. The lowest BCUT2D eigenvalue weighted by atomic mass is 9.98. The highest BCUT2D eigenvalue weighted by atomic mass is 19.1. The van der Waals surface area contributed by atoms with Gasteiger partial charge in [-0.05, 0) is 38.5 Å². The Morgan fingerprint density at radius 3 is 2.74 bits per heavy atom. The van der Waals surface area contributed by atoms with Crippen molar-refractivity contribution < 1.29 is 18.7 Å². The van der Waals surface area contributed by atoms with Crippen LogP contribution in [0.1, 0.15) is 25.8 Å². The molecule has 1 fully saturated rings. The maximum atomic E-state index is 13.5. The average molecular weight is 269 g/mol. The molecule has 0 bridgehead atoms. The van der Waals surface area contributed by atoms with Crippen LogP contribution in [0.25, 0.3) is 0 Å². The molecule has 1 amide bonds. The molecule has 5 heteroatoms. The molecule has 1 unspecified atom stereocenters. The summed E-state index contributed by atoms with van der Waals surface area (Å²) in [4.78, 5) is 13.7. The summed E-state index contributed by atoms with van der Waals surface area (Å²) in [6, 6.07) is 3.07. The monoisotopic (exact) mass is 269 g/mol. The van der Waals surface area contributed by atoms with Crippen molar-refractivity contribution in [1.82, 2.24) is 4.90 Å². The Hall–Kier alpha value is -1.49. The second kappa shape index (κ2) is 4.89. The molecule has 104 valence electrons. The third-order valence-corrected chi connectivity index (χ3v) is 3.79. The number of aliphatic hydroxyl groups is 1. The van der Waals surface area contributed by atoms with E-state index in [1.165, 1.54) is 4.90 Å². The zero-order chi connectivity index (χ0) is 14.2. The number of carbonyl (C=O) groups is 1. The minimum absolute atomic E-state index is 0.0437. The van der Waals surface area contributed by atoms with Crippen LogP contribution in [0.5, 0.6) is 0 Å². The number of aliphatic hydroxyl groups excluding tert-OH is 1. The molecule has 3 nitrogen and oxygen atoms in total. The summed E-state index contributed by atoms with van der Waals surface area (Å²) in [5, 5.41) is 9.81. The van der Waals surface area contributed by atoms with Gasteiger partial charge in [-0.2, -0.15) is 0 Å². The second-order valence-electron chi connectivity index (χ2n) is 5.42. The van der Waals surface area contributed by atoms with E-state index in [2.05, 4.69) is 0 Å². The van der Waals surface area contributed by atoms with E-state index >= 15 is 0 Å². The van der Waals surface area contributed by atoms with Crippen LogP contribution in [0.15, 0.2) is 18.2 Å². The number of rotatable bonds is 2. The van der Waals surface area contributed by atoms with E-state index in [-0.39, 0.29) is 17.9 Å². The lowest BCUT2D eigenvalue weighted by Gasteiger charge is -2.33. The van der Waals surface area contributed by atoms with E-state index < -0.39 is 23.3 Å². The first-order valence-corrected chi connectivity index (χ1v) is 6.25. The maximum Gasteiger partial charge on any atom is 0.227 e. The molecule has 0 aromatic heterocycles. The summed E-state index contributed by atoms with van der Waals surface area (Å²) in [5.74, 6) is -1.46. The molecule has 0 spiro atoms. The van der Waals surface area contributed by atoms with Crippen LogP contribution in [-0.2, 0) is 11.2 Å². The Bertz CT molecular complexity index is 502. The summed E-state index contributed by atoms with van der Waals surface area (Å²) in [7, 11) is 0. The fourth-order valence-corrected chi connectivity index (χ4v) is 2.46. The van der Waals surface area contributed by atoms with E-state index in [0.717, 1.165) is 18.2 Å². The smallest absolute Gasteiger partial charge is 0.227 e. The van der Waals surface area contributed by atoms with Crippen molar-refractivity contribution in [2.75, 3.05) is 6.54 Å². The number of hydrogen-bond donors (Lipinski definition) is 1. The highest BCUT2D eigenvalue weighted by Crippen LogP contribution is 2.29. The van der Waals surface area contributed by atoms with Gasteiger partial charge in [0.1, 0.15) is 11.6 Å². The Balaban J connectivity index is 2.16. The maximum absolute atomic E-state index is 13.5. The van der Waals surface area contributed by atoms with Gasteiger partial charge in [0.05, 0.1) is 18.1 Å². The summed E-state index contributed by atoms with van der Waals surface area (Å²) in [5.41, 5.74) is -0.622. The van der Waals surface area contributed by atoms with E-state index in [1.54, 1.807) is 13.8 Å². The van der Waals surface area contributed by atoms with Gasteiger partial charge < -0.3 is 10.0 Å². The van der Waals surface area contributed by atoms with Crippen LogP contribution in [0.3, 0.4) is 0 Å². The fourth-order valence-electron chi connectivity index (χ4n) is 2.46. The number of amides is 1. The summed E-state index contributed by atoms with van der Waals surface area (Å²) >= 11 is 0. The van der Waals surface area contributed by atoms with Gasteiger partial charge >= 0.3 is 0 Å². The Kier molecular flexibility index (Phi) is 3.58. The van der Waals surface area contributed by atoms with E-state index in [9.17, 15) is 18.7 Å². The van der Waals surface area contributed by atoms with E-state index in [4.69, 9.17) is 0 Å². The molecule has 1 atom stereocenters. The lowest BCUT2D eigenvalue weighted by molar-refractivity contribution is -0.135. The van der Waals surface area contributed by atoms with Crippen LogP contribution < -0.4 is 0 Å². The number of hydrogen-bond acceptors (Lipinski definition) is 2. The first kappa shape index (κ1) is 13.9. The molecule has 1 aromatic carbocycles. The standard InChI is InChI=1S/C14H17F2NO2/c1-14(2)12(18)5-6-17(14)13(19)8-9-7-10(15)3-4-11(9)16/h3-4,7,12,18H,5-6,8H2,1-2H3. The highest BCUT2D eigenvalue weighted by Gasteiger charge is 2.42. The highest BCUT2D eigenvalue weighted by molar-refractivity contribution is 5.80. The molecule has 19 heavy (non-hydrogen) atoms. The van der Waals surface area contributed by atoms with Crippen LogP contribution in [-0.4, -0.2) is 34.1 Å². The molecule has 0 saturated carbocycles. The average Bonchev–Trinajstić information content (AvgIpc) is 2.59. The van der Waals surface area contributed by atoms with Crippen molar-refractivity contribution in [3.05, 3.63) is 35.4 Å². The van der Waals surface area contributed by atoms with Gasteiger partial charge in [-0.1, -0.05) is 0 Å². The van der Waals surface area contributed by atoms with Crippen molar-refractivity contribution in [2.24, 2.45) is 0 Å². The first-order chi connectivity index (χ1) is 8.82. The molecule has 1 N–H and O–H groups in total. The van der Waals surface area contributed by atoms with Gasteiger partial charge in [0.2, 0.25) is 5.91 Å². The van der Waals surface area contributed by atoms with Crippen LogP contribution in [0.2, 0.25) is 0 Å². The zero-order valence-corrected chi connectivity index (χ0v) is 11.0. The van der Waals surface area contributed by atoms with Gasteiger partial charge in [0, 0.05) is 12.1 Å². The zero-order valence-electron chi connectivity index (χ0n) is 11.0. The molecule has 0 radical (unpaired) electrons. The number of carbonyl (C=O) groups excluding carboxylic acids is 1. The third kappa shape index (κ3) is 2.61. The molecule has 0 aliphatic carbocycles. The van der Waals surface area contributed by atoms with Gasteiger partial charge in [0.25, 0.3) is 0 Å². The topological polar surface area (TPSA) is 40.5 Å². The Labute approximate surface area is 110 Å². The minimum atomic E-state index is -0.666. The van der Waals surface area contributed by atoms with Crippen molar-refractivity contribution in [1.29, 1.82) is 0 Å². The molecule has 1 aliphatic heterocycles. The van der Waals surface area contributed by atoms with Gasteiger partial charge in [-0.15, -0.1) is 0 Å². The Morgan fingerprint density at radius 1 is 1.47 bits per heavy atom. The van der Waals surface area contributed by atoms with Crippen LogP contribution in [0, 0.1) is 11.6 Å². The Morgan fingerprint density at radius 2 is 2.16 bits per heavy atom. The van der Waals surface area contributed by atoms with Gasteiger partial charge in [-0.3, -0.25) is 4.79 Å². The molecule has 2 rings (SSSR count). The third-order valence-electron chi connectivity index (χ3n) is 3.79. The number of benzene rings is 1. The van der Waals surface area contributed by atoms with E-state index in [0.29, 0.717) is 13.0 Å². The molecule has 1 aliphatic rings. The van der Waals surface area contributed by atoms with Crippen molar-refractivity contribution in [3.63, 3.8) is 0 Å². The fraction of sp³-hybridized carbons (Fsp3) is 0.500. The van der Waals surface area contributed by atoms with E-state index in [1.807, 2.05) is 0 Å². The number of nitrogens with zero attached hydrogens (tertiary/aromatic N) is 1. The van der Waals surface area contributed by atoms with Gasteiger partial charge in [-0.25, -0.2) is 8.78 Å². The predicted molar refractivity (Wildman–Crippen MR) is 66.5 cm³/mol.